The maximum absolute atomic E-state index is 12.6. The van der Waals surface area contributed by atoms with E-state index in [0.717, 1.165) is 53.5 Å². The zero-order valence-corrected chi connectivity index (χ0v) is 18.8. The monoisotopic (exact) mass is 440 g/mol. The number of halogens is 1. The number of amides is 1. The summed E-state index contributed by atoms with van der Waals surface area (Å²) in [5, 5.41) is 4.45. The predicted octanol–water partition coefficient (Wildman–Crippen LogP) is 4.64. The Morgan fingerprint density at radius 1 is 1.13 bits per heavy atom. The number of carbonyl (C=O) groups excluding carboxylic acids is 1. The first-order valence-electron chi connectivity index (χ1n) is 10.1. The van der Waals surface area contributed by atoms with Gasteiger partial charge in [0.05, 0.1) is 11.5 Å². The van der Waals surface area contributed by atoms with Crippen molar-refractivity contribution in [3.8, 4) is 0 Å². The van der Waals surface area contributed by atoms with E-state index in [2.05, 4.69) is 29.4 Å². The molecular weight excluding hydrogens is 416 g/mol. The van der Waals surface area contributed by atoms with Crippen LogP contribution in [0, 0.1) is 6.92 Å². The molecule has 0 atom stereocenters. The molecule has 1 saturated heterocycles. The van der Waals surface area contributed by atoms with Crippen LogP contribution in [0.3, 0.4) is 0 Å². The van der Waals surface area contributed by atoms with Crippen molar-refractivity contribution in [1.29, 1.82) is 0 Å². The number of likely N-dealkylation sites (tertiary alicyclic amines) is 1. The van der Waals surface area contributed by atoms with Gasteiger partial charge in [-0.15, -0.1) is 0 Å². The lowest BCUT2D eigenvalue weighted by Crippen LogP contribution is -2.39. The third-order valence-corrected chi connectivity index (χ3v) is 6.92. The average molecular weight is 441 g/mol. The molecule has 1 spiro atoms. The minimum absolute atomic E-state index is 0.0789. The number of anilines is 1. The second-order valence-electron chi connectivity index (χ2n) is 7.78. The summed E-state index contributed by atoms with van der Waals surface area (Å²) in [6.07, 6.45) is 1.80. The minimum atomic E-state index is -0.389. The summed E-state index contributed by atoms with van der Waals surface area (Å²) in [7, 11) is 2.13. The van der Waals surface area contributed by atoms with Crippen LogP contribution in [0.2, 0.25) is 5.02 Å². The molecule has 0 radical (unpaired) electrons. The number of nitrogens with one attached hydrogen (secondary N) is 1. The smallest absolute Gasteiger partial charge is 0.234 e. The maximum Gasteiger partial charge on any atom is 0.234 e. The molecule has 0 unspecified atom stereocenters. The average Bonchev–Trinajstić information content (AvgIpc) is 3.11. The lowest BCUT2D eigenvalue weighted by molar-refractivity contribution is -0.113. The van der Waals surface area contributed by atoms with Crippen molar-refractivity contribution in [3.63, 3.8) is 0 Å². The van der Waals surface area contributed by atoms with E-state index in [1.807, 2.05) is 43.3 Å². The number of thioether (sulfide) groups is 1. The number of piperidine rings is 1. The molecule has 1 amide bonds. The molecule has 30 heavy (non-hydrogen) atoms. The first-order chi connectivity index (χ1) is 14.5. The molecule has 0 saturated carbocycles. The van der Waals surface area contributed by atoms with Crippen molar-refractivity contribution < 1.29 is 4.79 Å². The topological polar surface area (TPSA) is 57.1 Å². The van der Waals surface area contributed by atoms with Crippen molar-refractivity contribution in [2.24, 2.45) is 9.98 Å². The highest BCUT2D eigenvalue weighted by atomic mass is 35.5. The number of carbonyl (C=O) groups is 1. The maximum atomic E-state index is 12.6. The van der Waals surface area contributed by atoms with Crippen molar-refractivity contribution in [3.05, 3.63) is 64.7 Å². The van der Waals surface area contributed by atoms with Crippen LogP contribution in [-0.2, 0) is 4.79 Å². The Bertz CT molecular complexity index is 998. The van der Waals surface area contributed by atoms with E-state index in [0.29, 0.717) is 5.02 Å². The fourth-order valence-electron chi connectivity index (χ4n) is 3.67. The molecule has 2 aliphatic heterocycles. The highest BCUT2D eigenvalue weighted by molar-refractivity contribution is 8.16. The normalized spacial score (nSPS) is 18.2. The number of hydrogen-bond donors (Lipinski definition) is 1. The van der Waals surface area contributed by atoms with Gasteiger partial charge >= 0.3 is 0 Å². The molecule has 156 valence electrons. The van der Waals surface area contributed by atoms with Crippen LogP contribution in [0.5, 0.6) is 0 Å². The number of rotatable bonds is 4. The van der Waals surface area contributed by atoms with E-state index in [-0.39, 0.29) is 17.3 Å². The molecule has 0 aliphatic carbocycles. The summed E-state index contributed by atoms with van der Waals surface area (Å²) in [4.78, 5) is 25.0. The molecule has 2 aromatic rings. The molecule has 7 heteroatoms. The second-order valence-corrected chi connectivity index (χ2v) is 9.15. The van der Waals surface area contributed by atoms with Gasteiger partial charge in [0.15, 0.2) is 5.66 Å². The summed E-state index contributed by atoms with van der Waals surface area (Å²) in [6.45, 7) is 3.85. The summed E-state index contributed by atoms with van der Waals surface area (Å²) in [5.74, 6) is 0.192. The van der Waals surface area contributed by atoms with E-state index < -0.39 is 0 Å². The van der Waals surface area contributed by atoms with Crippen molar-refractivity contribution >= 4 is 45.7 Å². The van der Waals surface area contributed by atoms with E-state index in [1.54, 1.807) is 0 Å². The van der Waals surface area contributed by atoms with Crippen LogP contribution in [0.1, 0.15) is 24.0 Å². The molecule has 2 aliphatic rings. The van der Waals surface area contributed by atoms with Crippen LogP contribution < -0.4 is 5.32 Å². The van der Waals surface area contributed by atoms with Crippen LogP contribution in [0.4, 0.5) is 5.69 Å². The van der Waals surface area contributed by atoms with Gasteiger partial charge in [0, 0.05) is 42.2 Å². The van der Waals surface area contributed by atoms with E-state index in [9.17, 15) is 4.79 Å². The summed E-state index contributed by atoms with van der Waals surface area (Å²) < 4.78 is 0. The fraction of sp³-hybridized carbons (Fsp3) is 0.348. The van der Waals surface area contributed by atoms with Gasteiger partial charge in [-0.1, -0.05) is 59.8 Å². The second kappa shape index (κ2) is 8.92. The van der Waals surface area contributed by atoms with Crippen molar-refractivity contribution in [2.75, 3.05) is 31.2 Å². The molecule has 2 aromatic carbocycles. The highest BCUT2D eigenvalue weighted by Crippen LogP contribution is 2.35. The van der Waals surface area contributed by atoms with Gasteiger partial charge in [0.1, 0.15) is 5.04 Å². The molecule has 5 nitrogen and oxygen atoms in total. The third-order valence-electron chi connectivity index (χ3n) is 5.55. The van der Waals surface area contributed by atoms with Gasteiger partial charge in [0.25, 0.3) is 0 Å². The lowest BCUT2D eigenvalue weighted by Gasteiger charge is -2.33. The first-order valence-corrected chi connectivity index (χ1v) is 11.4. The Hall–Kier alpha value is -2.15. The quantitative estimate of drug-likeness (QED) is 0.753. The highest BCUT2D eigenvalue weighted by Gasteiger charge is 2.39. The van der Waals surface area contributed by atoms with Crippen LogP contribution in [0.15, 0.2) is 58.5 Å². The standard InChI is InChI=1S/C23H25ClN4OS/c1-16-18(24)9-6-10-19(16)25-20(29)15-30-22-21(17-7-4-3-5-8-17)26-23(27-22)11-13-28(2)14-12-23/h3-10H,11-15H2,1-2H3,(H,25,29). The fourth-order valence-corrected chi connectivity index (χ4v) is 4.72. The lowest BCUT2D eigenvalue weighted by atomic mass is 9.99. The van der Waals surface area contributed by atoms with Gasteiger partial charge < -0.3 is 10.2 Å². The van der Waals surface area contributed by atoms with E-state index >= 15 is 0 Å². The zero-order valence-electron chi connectivity index (χ0n) is 17.2. The van der Waals surface area contributed by atoms with Gasteiger partial charge in [-0.05, 0) is 31.7 Å². The summed E-state index contributed by atoms with van der Waals surface area (Å²) >= 11 is 7.62. The van der Waals surface area contributed by atoms with Crippen LogP contribution in [0.25, 0.3) is 0 Å². The van der Waals surface area contributed by atoms with Gasteiger partial charge in [0.2, 0.25) is 5.91 Å². The van der Waals surface area contributed by atoms with Gasteiger partial charge in [-0.25, -0.2) is 4.99 Å². The predicted molar refractivity (Wildman–Crippen MR) is 127 cm³/mol. The third kappa shape index (κ3) is 4.61. The van der Waals surface area contributed by atoms with Gasteiger partial charge in [-0.3, -0.25) is 9.79 Å². The molecule has 2 heterocycles. The number of nitrogens with zero attached hydrogens (tertiary/aromatic N) is 3. The minimum Gasteiger partial charge on any atom is -0.325 e. The number of benzene rings is 2. The molecular formula is C23H25ClN4OS. The van der Waals surface area contributed by atoms with Crippen LogP contribution >= 0.6 is 23.4 Å². The molecule has 1 fully saturated rings. The van der Waals surface area contributed by atoms with E-state index in [1.165, 1.54) is 11.8 Å². The molecule has 1 N–H and O–H groups in total. The Balaban J connectivity index is 1.50. The van der Waals surface area contributed by atoms with Gasteiger partial charge in [-0.2, -0.15) is 0 Å². The molecule has 0 aromatic heterocycles. The SMILES string of the molecule is Cc1c(Cl)cccc1NC(=O)CSC1=NC2(CCN(C)CC2)N=C1c1ccccc1. The Morgan fingerprint density at radius 3 is 2.60 bits per heavy atom. The zero-order chi connectivity index (χ0) is 21.1. The Kier molecular flexibility index (Phi) is 6.27. The summed E-state index contributed by atoms with van der Waals surface area (Å²) in [6, 6.07) is 15.6. The Morgan fingerprint density at radius 2 is 1.87 bits per heavy atom. The largest absolute Gasteiger partial charge is 0.325 e. The van der Waals surface area contributed by atoms with Crippen molar-refractivity contribution in [2.45, 2.75) is 25.4 Å². The van der Waals surface area contributed by atoms with Crippen LogP contribution in [-0.4, -0.2) is 53.1 Å². The molecule has 0 bridgehead atoms. The van der Waals surface area contributed by atoms with E-state index in [4.69, 9.17) is 21.6 Å². The first kappa shape index (κ1) is 21.1. The summed E-state index contributed by atoms with van der Waals surface area (Å²) in [5.41, 5.74) is 3.17. The number of hydrogen-bond acceptors (Lipinski definition) is 5. The number of aliphatic imine (C=N–C) groups is 2. The molecule has 4 rings (SSSR count). The van der Waals surface area contributed by atoms with Crippen molar-refractivity contribution in [1.82, 2.24) is 4.90 Å². The Labute approximate surface area is 186 Å².